The summed E-state index contributed by atoms with van der Waals surface area (Å²) in [6.07, 6.45) is 1.23. The molecule has 0 saturated heterocycles. The van der Waals surface area contributed by atoms with Crippen LogP contribution < -0.4 is 5.73 Å². The number of hydrogen-bond donors (Lipinski definition) is 1. The van der Waals surface area contributed by atoms with Crippen molar-refractivity contribution in [2.75, 3.05) is 6.54 Å². The molecule has 14 heavy (non-hydrogen) atoms. The minimum atomic E-state index is -0.861. The summed E-state index contributed by atoms with van der Waals surface area (Å²) in [7, 11) is 0. The third-order valence-electron chi connectivity index (χ3n) is 2.88. The highest BCUT2D eigenvalue weighted by Crippen LogP contribution is 2.44. The zero-order valence-electron chi connectivity index (χ0n) is 7.71. The minimum absolute atomic E-state index is 0.251. The zero-order valence-corrected chi connectivity index (χ0v) is 7.71. The lowest BCUT2D eigenvalue weighted by molar-refractivity contribution is 0.0932. The molecule has 1 heterocycles. The van der Waals surface area contributed by atoms with Crippen LogP contribution in [-0.4, -0.2) is 17.7 Å². The van der Waals surface area contributed by atoms with Gasteiger partial charge in [-0.05, 0) is 25.0 Å². The van der Waals surface area contributed by atoms with Crippen molar-refractivity contribution in [3.05, 3.63) is 29.8 Å². The summed E-state index contributed by atoms with van der Waals surface area (Å²) in [5.41, 5.74) is 5.31. The summed E-state index contributed by atoms with van der Waals surface area (Å²) in [6, 6.07) is 2.86. The maximum Gasteiger partial charge on any atom is 0.145 e. The Bertz CT molecular complexity index is 335. The second-order valence-electron chi connectivity index (χ2n) is 3.82. The topological polar surface area (TPSA) is 38.9 Å². The lowest BCUT2D eigenvalue weighted by atomic mass is 9.65. The van der Waals surface area contributed by atoms with Crippen LogP contribution in [0.3, 0.4) is 0 Å². The molecule has 1 fully saturated rings. The van der Waals surface area contributed by atoms with E-state index in [4.69, 9.17) is 5.73 Å². The molecule has 76 valence electrons. The van der Waals surface area contributed by atoms with Gasteiger partial charge in [0.1, 0.15) is 12.0 Å². The Morgan fingerprint density at radius 3 is 2.79 bits per heavy atom. The Balaban J connectivity index is 2.34. The monoisotopic (exact) mass is 198 g/mol. The fraction of sp³-hybridized carbons (Fsp3) is 0.500. The first-order valence-electron chi connectivity index (χ1n) is 4.63. The van der Waals surface area contributed by atoms with Crippen LogP contribution in [-0.2, 0) is 5.41 Å². The number of halogens is 2. The van der Waals surface area contributed by atoms with Crippen molar-refractivity contribution in [3.63, 3.8) is 0 Å². The fourth-order valence-electron chi connectivity index (χ4n) is 2.02. The first-order valence-corrected chi connectivity index (χ1v) is 4.63. The van der Waals surface area contributed by atoms with Crippen LogP contribution in [0.1, 0.15) is 18.5 Å². The average molecular weight is 198 g/mol. The summed E-state index contributed by atoms with van der Waals surface area (Å²) >= 11 is 0. The van der Waals surface area contributed by atoms with Crippen LogP contribution in [0, 0.1) is 5.82 Å². The van der Waals surface area contributed by atoms with E-state index in [2.05, 4.69) is 4.98 Å². The summed E-state index contributed by atoms with van der Waals surface area (Å²) in [5, 5.41) is 0. The van der Waals surface area contributed by atoms with Gasteiger partial charge in [0.2, 0.25) is 0 Å². The molecule has 1 saturated carbocycles. The van der Waals surface area contributed by atoms with Crippen molar-refractivity contribution >= 4 is 0 Å². The van der Waals surface area contributed by atoms with E-state index in [1.807, 2.05) is 0 Å². The molecule has 4 heteroatoms. The van der Waals surface area contributed by atoms with E-state index in [1.54, 1.807) is 0 Å². The van der Waals surface area contributed by atoms with E-state index in [9.17, 15) is 8.78 Å². The van der Waals surface area contributed by atoms with E-state index >= 15 is 0 Å². The molecule has 1 aliphatic carbocycles. The van der Waals surface area contributed by atoms with Gasteiger partial charge < -0.3 is 5.73 Å². The summed E-state index contributed by atoms with van der Waals surface area (Å²) in [5.74, 6) is -0.384. The molecule has 1 aliphatic rings. The molecule has 0 spiro atoms. The molecule has 0 unspecified atom stereocenters. The second kappa shape index (κ2) is 3.28. The average Bonchev–Trinajstić information content (AvgIpc) is 2.14. The highest BCUT2D eigenvalue weighted by molar-refractivity contribution is 5.24. The molecule has 0 bridgehead atoms. The van der Waals surface area contributed by atoms with Crippen molar-refractivity contribution in [1.29, 1.82) is 0 Å². The van der Waals surface area contributed by atoms with Gasteiger partial charge in [0, 0.05) is 18.2 Å². The molecule has 0 amide bonds. The Kier molecular flexibility index (Phi) is 2.23. The van der Waals surface area contributed by atoms with E-state index < -0.39 is 11.6 Å². The first kappa shape index (κ1) is 9.52. The minimum Gasteiger partial charge on any atom is -0.330 e. The van der Waals surface area contributed by atoms with E-state index in [0.29, 0.717) is 5.69 Å². The number of rotatable bonds is 2. The van der Waals surface area contributed by atoms with Crippen molar-refractivity contribution in [3.8, 4) is 0 Å². The Hall–Kier alpha value is -1.03. The van der Waals surface area contributed by atoms with Crippen molar-refractivity contribution in [2.45, 2.75) is 24.4 Å². The predicted octanol–water partition coefficient (Wildman–Crippen LogP) is 1.55. The SMILES string of the molecule is NC[C@]1(c2ncccc2F)C[C@@H](F)C1. The van der Waals surface area contributed by atoms with Crippen LogP contribution in [0.2, 0.25) is 0 Å². The number of alkyl halides is 1. The number of pyridine rings is 1. The quantitative estimate of drug-likeness (QED) is 0.783. The zero-order chi connectivity index (χ0) is 10.2. The predicted molar refractivity (Wildman–Crippen MR) is 49.1 cm³/mol. The maximum absolute atomic E-state index is 13.4. The largest absolute Gasteiger partial charge is 0.330 e. The number of nitrogens with two attached hydrogens (primary N) is 1. The molecular formula is C10H12F2N2. The molecule has 0 aromatic carbocycles. The lowest BCUT2D eigenvalue weighted by Gasteiger charge is -2.42. The molecule has 0 atom stereocenters. The van der Waals surface area contributed by atoms with Crippen molar-refractivity contribution in [2.24, 2.45) is 5.73 Å². The third kappa shape index (κ3) is 1.30. The summed E-state index contributed by atoms with van der Waals surface area (Å²) < 4.78 is 26.2. The molecule has 1 aromatic rings. The Labute approximate surface area is 81.1 Å². The molecule has 1 aromatic heterocycles. The van der Waals surface area contributed by atoms with Crippen molar-refractivity contribution < 1.29 is 8.78 Å². The molecule has 0 aliphatic heterocycles. The van der Waals surface area contributed by atoms with Gasteiger partial charge in [0.05, 0.1) is 5.69 Å². The smallest absolute Gasteiger partial charge is 0.145 e. The normalized spacial score (nSPS) is 31.2. The standard InChI is InChI=1S/C10H12F2N2/c11-7-4-10(5-7,6-13)9-8(12)2-1-3-14-9/h1-3,7H,4-6,13H2/t7-,10+. The summed E-state index contributed by atoms with van der Waals surface area (Å²) in [6.45, 7) is 0.251. The number of aromatic nitrogens is 1. The molecule has 2 rings (SSSR count). The van der Waals surface area contributed by atoms with E-state index in [1.165, 1.54) is 18.3 Å². The van der Waals surface area contributed by atoms with E-state index in [0.717, 1.165) is 0 Å². The fourth-order valence-corrected chi connectivity index (χ4v) is 2.02. The summed E-state index contributed by atoms with van der Waals surface area (Å²) in [4.78, 5) is 3.96. The van der Waals surface area contributed by atoms with Crippen LogP contribution in [0.15, 0.2) is 18.3 Å². The number of hydrogen-bond acceptors (Lipinski definition) is 2. The van der Waals surface area contributed by atoms with E-state index in [-0.39, 0.29) is 25.2 Å². The van der Waals surface area contributed by atoms with Crippen LogP contribution in [0.5, 0.6) is 0 Å². The molecule has 2 nitrogen and oxygen atoms in total. The molecular weight excluding hydrogens is 186 g/mol. The van der Waals surface area contributed by atoms with Gasteiger partial charge in [-0.25, -0.2) is 8.78 Å². The third-order valence-corrected chi connectivity index (χ3v) is 2.88. The van der Waals surface area contributed by atoms with Gasteiger partial charge in [-0.3, -0.25) is 4.98 Å². The second-order valence-corrected chi connectivity index (χ2v) is 3.82. The van der Waals surface area contributed by atoms with Gasteiger partial charge >= 0.3 is 0 Å². The van der Waals surface area contributed by atoms with Gasteiger partial charge in [-0.15, -0.1) is 0 Å². The van der Waals surface area contributed by atoms with Crippen LogP contribution in [0.4, 0.5) is 8.78 Å². The highest BCUT2D eigenvalue weighted by atomic mass is 19.1. The highest BCUT2D eigenvalue weighted by Gasteiger charge is 2.47. The van der Waals surface area contributed by atoms with Gasteiger partial charge in [-0.2, -0.15) is 0 Å². The maximum atomic E-state index is 13.4. The Morgan fingerprint density at radius 1 is 1.57 bits per heavy atom. The molecule has 0 radical (unpaired) electrons. The van der Waals surface area contributed by atoms with Gasteiger partial charge in [0.15, 0.2) is 0 Å². The Morgan fingerprint density at radius 2 is 2.29 bits per heavy atom. The number of nitrogens with zero attached hydrogens (tertiary/aromatic N) is 1. The first-order chi connectivity index (χ1) is 6.68. The van der Waals surface area contributed by atoms with Gasteiger partial charge in [-0.1, -0.05) is 0 Å². The lowest BCUT2D eigenvalue weighted by Crippen LogP contribution is -2.49. The van der Waals surface area contributed by atoms with Gasteiger partial charge in [0.25, 0.3) is 0 Å². The molecule has 2 N–H and O–H groups in total. The van der Waals surface area contributed by atoms with Crippen molar-refractivity contribution in [1.82, 2.24) is 4.98 Å². The van der Waals surface area contributed by atoms with Crippen LogP contribution in [0.25, 0.3) is 0 Å². The van der Waals surface area contributed by atoms with Crippen LogP contribution >= 0.6 is 0 Å².